The lowest BCUT2D eigenvalue weighted by molar-refractivity contribution is 0.0946. The number of carbonyl (C=O) groups excluding carboxylic acids is 1. The Kier molecular flexibility index (Phi) is 5.54. The molecule has 1 heterocycles. The highest BCUT2D eigenvalue weighted by Gasteiger charge is 2.04. The highest BCUT2D eigenvalue weighted by atomic mass is 127. The van der Waals surface area contributed by atoms with Gasteiger partial charge < -0.3 is 10.1 Å². The van der Waals surface area contributed by atoms with Crippen molar-refractivity contribution in [1.29, 1.82) is 0 Å². The van der Waals surface area contributed by atoms with E-state index in [1.807, 2.05) is 0 Å². The number of hydrogen-bond acceptors (Lipinski definition) is 4. The number of rotatable bonds is 5. The second kappa shape index (κ2) is 7.39. The predicted octanol–water partition coefficient (Wildman–Crippen LogP) is 2.54. The summed E-state index contributed by atoms with van der Waals surface area (Å²) in [5.41, 5.74) is 0.555. The molecule has 1 aromatic heterocycles. The summed E-state index contributed by atoms with van der Waals surface area (Å²) in [6, 6.07) is 6.98. The summed E-state index contributed by atoms with van der Waals surface area (Å²) in [6.07, 6.45) is 3.32. The number of nitrogens with zero attached hydrogens (tertiary/aromatic N) is 2. The van der Waals surface area contributed by atoms with Gasteiger partial charge in [-0.05, 0) is 46.9 Å². The van der Waals surface area contributed by atoms with Crippen LogP contribution in [0.3, 0.4) is 0 Å². The second-order valence-electron chi connectivity index (χ2n) is 3.80. The van der Waals surface area contributed by atoms with Crippen molar-refractivity contribution in [3.05, 3.63) is 50.8 Å². The third kappa shape index (κ3) is 4.61. The molecule has 0 unspecified atom stereocenters. The Hall–Kier alpha value is -1.41. The van der Waals surface area contributed by atoms with E-state index in [1.54, 1.807) is 36.7 Å². The van der Waals surface area contributed by atoms with Crippen molar-refractivity contribution < 1.29 is 9.53 Å². The number of aromatic nitrogens is 2. The van der Waals surface area contributed by atoms with Crippen LogP contribution in [-0.4, -0.2) is 29.0 Å². The van der Waals surface area contributed by atoms with Crippen molar-refractivity contribution in [3.63, 3.8) is 0 Å². The molecule has 7 heteroatoms. The maximum atomic E-state index is 11.8. The molecule has 0 saturated carbocycles. The first-order valence-electron chi connectivity index (χ1n) is 5.79. The van der Waals surface area contributed by atoms with Crippen LogP contribution >= 0.6 is 34.2 Å². The Morgan fingerprint density at radius 3 is 2.55 bits per heavy atom. The highest BCUT2D eigenvalue weighted by Crippen LogP contribution is 2.09. The van der Waals surface area contributed by atoms with Crippen molar-refractivity contribution in [2.45, 2.75) is 0 Å². The van der Waals surface area contributed by atoms with E-state index >= 15 is 0 Å². The Labute approximate surface area is 134 Å². The zero-order valence-corrected chi connectivity index (χ0v) is 13.3. The van der Waals surface area contributed by atoms with Crippen LogP contribution in [0.2, 0.25) is 5.02 Å². The van der Waals surface area contributed by atoms with Crippen LogP contribution in [0.15, 0.2) is 36.7 Å². The molecule has 2 aromatic rings. The lowest BCUT2D eigenvalue weighted by Gasteiger charge is -2.06. The SMILES string of the molecule is O=C(NCCOc1ncc(I)cn1)c1ccc(Cl)cc1. The molecule has 5 nitrogen and oxygen atoms in total. The number of halogens is 2. The summed E-state index contributed by atoms with van der Waals surface area (Å²) in [6.45, 7) is 0.677. The van der Waals surface area contributed by atoms with Gasteiger partial charge in [0.05, 0.1) is 6.54 Å². The minimum absolute atomic E-state index is 0.172. The van der Waals surface area contributed by atoms with E-state index in [0.717, 1.165) is 3.57 Å². The molecular formula is C13H11ClIN3O2. The first kappa shape index (κ1) is 15.0. The standard InChI is InChI=1S/C13H11ClIN3O2/c14-10-3-1-9(2-4-10)12(19)16-5-6-20-13-17-7-11(15)8-18-13/h1-4,7-8H,5-6H2,(H,16,19). The number of benzene rings is 1. The summed E-state index contributed by atoms with van der Waals surface area (Å²) in [7, 11) is 0. The molecular weight excluding hydrogens is 393 g/mol. The maximum Gasteiger partial charge on any atom is 0.316 e. The van der Waals surface area contributed by atoms with Gasteiger partial charge in [0.1, 0.15) is 6.61 Å². The molecule has 2 rings (SSSR count). The molecule has 0 aliphatic rings. The molecule has 0 bridgehead atoms. The third-order valence-electron chi connectivity index (χ3n) is 2.32. The largest absolute Gasteiger partial charge is 0.462 e. The minimum Gasteiger partial charge on any atom is -0.462 e. The van der Waals surface area contributed by atoms with Crippen LogP contribution in [0.1, 0.15) is 10.4 Å². The fourth-order valence-corrected chi connectivity index (χ4v) is 1.79. The van der Waals surface area contributed by atoms with Gasteiger partial charge in [-0.25, -0.2) is 9.97 Å². The van der Waals surface area contributed by atoms with Crippen molar-refractivity contribution >= 4 is 40.1 Å². The van der Waals surface area contributed by atoms with Gasteiger partial charge in [0, 0.05) is 26.5 Å². The minimum atomic E-state index is -0.172. The molecule has 0 aliphatic heterocycles. The van der Waals surface area contributed by atoms with Crippen LogP contribution in [0.4, 0.5) is 0 Å². The fourth-order valence-electron chi connectivity index (χ4n) is 1.39. The zero-order valence-electron chi connectivity index (χ0n) is 10.3. The van der Waals surface area contributed by atoms with Gasteiger partial charge in [-0.1, -0.05) is 11.6 Å². The van der Waals surface area contributed by atoms with Crippen LogP contribution in [0.25, 0.3) is 0 Å². The number of nitrogens with one attached hydrogen (secondary N) is 1. The van der Waals surface area contributed by atoms with Crippen molar-refractivity contribution in [3.8, 4) is 6.01 Å². The fraction of sp³-hybridized carbons (Fsp3) is 0.154. The van der Waals surface area contributed by atoms with Gasteiger partial charge in [-0.3, -0.25) is 4.79 Å². The second-order valence-corrected chi connectivity index (χ2v) is 5.48. The highest BCUT2D eigenvalue weighted by molar-refractivity contribution is 14.1. The Bertz CT molecular complexity index is 575. The normalized spacial score (nSPS) is 10.1. The maximum absolute atomic E-state index is 11.8. The molecule has 0 atom stereocenters. The van der Waals surface area contributed by atoms with Gasteiger partial charge in [0.2, 0.25) is 0 Å². The summed E-state index contributed by atoms with van der Waals surface area (Å²) in [4.78, 5) is 19.8. The van der Waals surface area contributed by atoms with E-state index in [-0.39, 0.29) is 5.91 Å². The molecule has 0 saturated heterocycles. The third-order valence-corrected chi connectivity index (χ3v) is 3.13. The van der Waals surface area contributed by atoms with E-state index in [0.29, 0.717) is 29.7 Å². The van der Waals surface area contributed by atoms with Crippen molar-refractivity contribution in [2.24, 2.45) is 0 Å². The molecule has 1 aromatic carbocycles. The summed E-state index contributed by atoms with van der Waals surface area (Å²) in [5.74, 6) is -0.172. The van der Waals surface area contributed by atoms with Gasteiger partial charge in [-0.15, -0.1) is 0 Å². The molecule has 0 aliphatic carbocycles. The average Bonchev–Trinajstić information content (AvgIpc) is 2.46. The number of ether oxygens (including phenoxy) is 1. The van der Waals surface area contributed by atoms with E-state index in [2.05, 4.69) is 37.9 Å². The lowest BCUT2D eigenvalue weighted by Crippen LogP contribution is -2.28. The molecule has 20 heavy (non-hydrogen) atoms. The predicted molar refractivity (Wildman–Crippen MR) is 84.0 cm³/mol. The van der Waals surface area contributed by atoms with Crippen LogP contribution in [-0.2, 0) is 0 Å². The number of hydrogen-bond donors (Lipinski definition) is 1. The summed E-state index contributed by atoms with van der Waals surface area (Å²) in [5, 5.41) is 3.33. The zero-order chi connectivity index (χ0) is 14.4. The van der Waals surface area contributed by atoms with Crippen LogP contribution < -0.4 is 10.1 Å². The molecule has 1 amide bonds. The molecule has 104 valence electrons. The molecule has 0 radical (unpaired) electrons. The Morgan fingerprint density at radius 1 is 1.25 bits per heavy atom. The van der Waals surface area contributed by atoms with Gasteiger partial charge in [0.25, 0.3) is 5.91 Å². The van der Waals surface area contributed by atoms with Crippen LogP contribution in [0.5, 0.6) is 6.01 Å². The summed E-state index contributed by atoms with van der Waals surface area (Å²) < 4.78 is 6.24. The van der Waals surface area contributed by atoms with Gasteiger partial charge in [-0.2, -0.15) is 0 Å². The molecule has 1 N–H and O–H groups in total. The first-order chi connectivity index (χ1) is 9.65. The van der Waals surface area contributed by atoms with E-state index in [1.165, 1.54) is 0 Å². The molecule has 0 spiro atoms. The van der Waals surface area contributed by atoms with Crippen LogP contribution in [0, 0.1) is 3.57 Å². The van der Waals surface area contributed by atoms with E-state index in [4.69, 9.17) is 16.3 Å². The topological polar surface area (TPSA) is 64.1 Å². The van der Waals surface area contributed by atoms with Gasteiger partial charge in [0.15, 0.2) is 0 Å². The number of carbonyl (C=O) groups is 1. The Balaban J connectivity index is 1.74. The quantitative estimate of drug-likeness (QED) is 0.616. The average molecular weight is 404 g/mol. The van der Waals surface area contributed by atoms with Crippen molar-refractivity contribution in [1.82, 2.24) is 15.3 Å². The summed E-state index contributed by atoms with van der Waals surface area (Å²) >= 11 is 7.87. The lowest BCUT2D eigenvalue weighted by atomic mass is 10.2. The number of amides is 1. The van der Waals surface area contributed by atoms with Gasteiger partial charge >= 0.3 is 6.01 Å². The van der Waals surface area contributed by atoms with Crippen molar-refractivity contribution in [2.75, 3.05) is 13.2 Å². The monoisotopic (exact) mass is 403 g/mol. The first-order valence-corrected chi connectivity index (χ1v) is 7.25. The smallest absolute Gasteiger partial charge is 0.316 e. The molecule has 0 fully saturated rings. The van der Waals surface area contributed by atoms with E-state index < -0.39 is 0 Å². The Morgan fingerprint density at radius 2 is 1.90 bits per heavy atom. The van der Waals surface area contributed by atoms with E-state index in [9.17, 15) is 4.79 Å².